The molecule has 0 aliphatic rings. The van der Waals surface area contributed by atoms with Crippen molar-refractivity contribution >= 4 is 9.84 Å². The van der Waals surface area contributed by atoms with Crippen molar-refractivity contribution in [3.05, 3.63) is 35.1 Å². The molecular weight excluding hydrogens is 241 g/mol. The van der Waals surface area contributed by atoms with Crippen molar-refractivity contribution in [2.45, 2.75) is 25.5 Å². The van der Waals surface area contributed by atoms with Gasteiger partial charge in [0.15, 0.2) is 9.84 Å². The minimum absolute atomic E-state index is 0.117. The summed E-state index contributed by atoms with van der Waals surface area (Å²) in [7, 11) is -3.17. The van der Waals surface area contributed by atoms with E-state index in [2.05, 4.69) is 0 Å². The molecule has 0 amide bonds. The van der Waals surface area contributed by atoms with E-state index in [-0.39, 0.29) is 17.1 Å². The zero-order valence-corrected chi connectivity index (χ0v) is 10.4. The number of hydrogen-bond donors (Lipinski definition) is 0. The minimum atomic E-state index is -3.17. The Hall–Kier alpha value is -1.41. The normalized spacial score (nSPS) is 11.1. The standard InChI is InChI=1S/C12H14FNO2S/c1-2-3-6-17(15,16)9-10-4-5-12(13)11(7-10)8-14/h4-5,7H,2-3,6,9H2,1H3. The maximum Gasteiger partial charge on any atom is 0.154 e. The Morgan fingerprint density at radius 3 is 2.71 bits per heavy atom. The summed E-state index contributed by atoms with van der Waals surface area (Å²) in [5.74, 6) is -0.632. The van der Waals surface area contributed by atoms with Crippen LogP contribution >= 0.6 is 0 Å². The van der Waals surface area contributed by atoms with E-state index in [1.165, 1.54) is 12.1 Å². The van der Waals surface area contributed by atoms with Gasteiger partial charge in [0.05, 0.1) is 17.1 Å². The van der Waals surface area contributed by atoms with Gasteiger partial charge in [0, 0.05) is 0 Å². The number of rotatable bonds is 5. The van der Waals surface area contributed by atoms with Crippen molar-refractivity contribution < 1.29 is 12.8 Å². The third-order valence-corrected chi connectivity index (χ3v) is 4.03. The van der Waals surface area contributed by atoms with Crippen LogP contribution in [0.4, 0.5) is 4.39 Å². The van der Waals surface area contributed by atoms with Gasteiger partial charge in [-0.25, -0.2) is 12.8 Å². The monoisotopic (exact) mass is 255 g/mol. The number of unbranched alkanes of at least 4 members (excludes halogenated alkanes) is 1. The van der Waals surface area contributed by atoms with E-state index in [1.54, 1.807) is 6.07 Å². The minimum Gasteiger partial charge on any atom is -0.228 e. The first kappa shape index (κ1) is 13.7. The molecule has 0 spiro atoms. The molecule has 0 heterocycles. The fourth-order valence-electron chi connectivity index (χ4n) is 1.44. The number of sulfone groups is 1. The Morgan fingerprint density at radius 2 is 2.12 bits per heavy atom. The van der Waals surface area contributed by atoms with Crippen LogP contribution in [0.3, 0.4) is 0 Å². The molecule has 3 nitrogen and oxygen atoms in total. The van der Waals surface area contributed by atoms with Crippen LogP contribution in [0.2, 0.25) is 0 Å². The summed E-state index contributed by atoms with van der Waals surface area (Å²) in [5, 5.41) is 8.64. The third kappa shape index (κ3) is 4.16. The zero-order valence-electron chi connectivity index (χ0n) is 9.61. The molecule has 0 unspecified atom stereocenters. The average molecular weight is 255 g/mol. The van der Waals surface area contributed by atoms with E-state index in [4.69, 9.17) is 5.26 Å². The lowest BCUT2D eigenvalue weighted by Gasteiger charge is -2.04. The van der Waals surface area contributed by atoms with Gasteiger partial charge in [-0.1, -0.05) is 19.4 Å². The Bertz CT molecular complexity index is 532. The lowest BCUT2D eigenvalue weighted by atomic mass is 10.1. The maximum absolute atomic E-state index is 13.0. The van der Waals surface area contributed by atoms with Crippen molar-refractivity contribution in [1.82, 2.24) is 0 Å². The molecule has 0 N–H and O–H groups in total. The average Bonchev–Trinajstić information content (AvgIpc) is 2.29. The summed E-state index contributed by atoms with van der Waals surface area (Å²) in [6.07, 6.45) is 1.43. The molecule has 0 aliphatic carbocycles. The maximum atomic E-state index is 13.0. The van der Waals surface area contributed by atoms with Gasteiger partial charge in [0.2, 0.25) is 0 Å². The fraction of sp³-hybridized carbons (Fsp3) is 0.417. The number of halogens is 1. The third-order valence-electron chi connectivity index (χ3n) is 2.35. The number of nitrogens with zero attached hydrogens (tertiary/aromatic N) is 1. The highest BCUT2D eigenvalue weighted by Gasteiger charge is 2.12. The summed E-state index contributed by atoms with van der Waals surface area (Å²) in [5.41, 5.74) is 0.340. The van der Waals surface area contributed by atoms with Crippen LogP contribution in [0.1, 0.15) is 30.9 Å². The van der Waals surface area contributed by atoms with Gasteiger partial charge in [-0.2, -0.15) is 5.26 Å². The molecule has 17 heavy (non-hydrogen) atoms. The molecule has 0 bridgehead atoms. The lowest BCUT2D eigenvalue weighted by molar-refractivity contribution is 0.591. The van der Waals surface area contributed by atoms with Crippen molar-refractivity contribution in [3.63, 3.8) is 0 Å². The van der Waals surface area contributed by atoms with E-state index >= 15 is 0 Å². The van der Waals surface area contributed by atoms with E-state index < -0.39 is 15.7 Å². The van der Waals surface area contributed by atoms with E-state index in [0.29, 0.717) is 12.0 Å². The Kier molecular flexibility index (Phi) is 4.64. The summed E-state index contributed by atoms with van der Waals surface area (Å²) in [4.78, 5) is 0. The Morgan fingerprint density at radius 1 is 1.41 bits per heavy atom. The van der Waals surface area contributed by atoms with Crippen LogP contribution in [0, 0.1) is 17.1 Å². The van der Waals surface area contributed by atoms with Gasteiger partial charge >= 0.3 is 0 Å². The van der Waals surface area contributed by atoms with Crippen LogP contribution in [-0.2, 0) is 15.6 Å². The summed E-state index contributed by atoms with van der Waals surface area (Å²) in [6, 6.07) is 5.52. The highest BCUT2D eigenvalue weighted by Crippen LogP contribution is 2.13. The quantitative estimate of drug-likeness (QED) is 0.811. The van der Waals surface area contributed by atoms with Crippen LogP contribution < -0.4 is 0 Å². The Labute approximate surface area is 101 Å². The van der Waals surface area contributed by atoms with Crippen LogP contribution in [0.15, 0.2) is 18.2 Å². The summed E-state index contributed by atoms with van der Waals surface area (Å²) in [6.45, 7) is 1.92. The summed E-state index contributed by atoms with van der Waals surface area (Å²) < 4.78 is 36.4. The SMILES string of the molecule is CCCCS(=O)(=O)Cc1ccc(F)c(C#N)c1. The topological polar surface area (TPSA) is 57.9 Å². The smallest absolute Gasteiger partial charge is 0.154 e. The second-order valence-electron chi connectivity index (χ2n) is 3.87. The molecular formula is C12H14FNO2S. The molecule has 0 atom stereocenters. The molecule has 92 valence electrons. The second kappa shape index (κ2) is 5.78. The Balaban J connectivity index is 2.86. The van der Waals surface area contributed by atoms with Gasteiger partial charge in [-0.3, -0.25) is 0 Å². The molecule has 0 aromatic heterocycles. The lowest BCUT2D eigenvalue weighted by Crippen LogP contribution is -2.09. The first-order chi connectivity index (χ1) is 7.98. The fourth-order valence-corrected chi connectivity index (χ4v) is 3.00. The predicted molar refractivity (Wildman–Crippen MR) is 63.5 cm³/mol. The zero-order chi connectivity index (χ0) is 12.9. The first-order valence-electron chi connectivity index (χ1n) is 5.37. The highest BCUT2D eigenvalue weighted by atomic mass is 32.2. The summed E-state index contributed by atoms with van der Waals surface area (Å²) >= 11 is 0. The molecule has 0 saturated heterocycles. The van der Waals surface area contributed by atoms with Gasteiger partial charge in [-0.15, -0.1) is 0 Å². The van der Waals surface area contributed by atoms with Crippen molar-refractivity contribution in [2.24, 2.45) is 0 Å². The number of hydrogen-bond acceptors (Lipinski definition) is 3. The predicted octanol–water partition coefficient (Wildman–Crippen LogP) is 2.41. The molecule has 0 fully saturated rings. The van der Waals surface area contributed by atoms with Crippen LogP contribution in [0.25, 0.3) is 0 Å². The highest BCUT2D eigenvalue weighted by molar-refractivity contribution is 7.90. The van der Waals surface area contributed by atoms with Crippen molar-refractivity contribution in [2.75, 3.05) is 5.75 Å². The molecule has 0 aliphatic heterocycles. The molecule has 1 aromatic carbocycles. The molecule has 5 heteroatoms. The van der Waals surface area contributed by atoms with Crippen molar-refractivity contribution in [3.8, 4) is 6.07 Å². The largest absolute Gasteiger partial charge is 0.228 e. The van der Waals surface area contributed by atoms with Gasteiger partial charge in [0.1, 0.15) is 11.9 Å². The van der Waals surface area contributed by atoms with Crippen molar-refractivity contribution in [1.29, 1.82) is 5.26 Å². The molecule has 1 aromatic rings. The molecule has 1 rings (SSSR count). The van der Waals surface area contributed by atoms with E-state index in [9.17, 15) is 12.8 Å². The van der Waals surface area contributed by atoms with E-state index in [0.717, 1.165) is 12.5 Å². The van der Waals surface area contributed by atoms with Gasteiger partial charge in [-0.05, 0) is 24.1 Å². The first-order valence-corrected chi connectivity index (χ1v) is 7.19. The van der Waals surface area contributed by atoms with Crippen LogP contribution in [-0.4, -0.2) is 14.2 Å². The van der Waals surface area contributed by atoms with E-state index in [1.807, 2.05) is 6.92 Å². The second-order valence-corrected chi connectivity index (χ2v) is 6.06. The van der Waals surface area contributed by atoms with Gasteiger partial charge < -0.3 is 0 Å². The van der Waals surface area contributed by atoms with Crippen LogP contribution in [0.5, 0.6) is 0 Å². The number of benzene rings is 1. The van der Waals surface area contributed by atoms with Gasteiger partial charge in [0.25, 0.3) is 0 Å². The number of nitriles is 1. The molecule has 0 saturated carbocycles. The molecule has 0 radical (unpaired) electrons.